The molecule has 2 bridgehead atoms. The van der Waals surface area contributed by atoms with Crippen LogP contribution in [-0.4, -0.2) is 40.4 Å². The number of carbonyl (C=O) groups is 1. The van der Waals surface area contributed by atoms with Crippen LogP contribution in [0.25, 0.3) is 0 Å². The van der Waals surface area contributed by atoms with Crippen LogP contribution in [0.2, 0.25) is 5.02 Å². The van der Waals surface area contributed by atoms with Gasteiger partial charge in [-0.2, -0.15) is 13.2 Å². The molecule has 2 saturated carbocycles. The van der Waals surface area contributed by atoms with Crippen LogP contribution >= 0.6 is 11.6 Å². The van der Waals surface area contributed by atoms with Gasteiger partial charge < -0.3 is 15.5 Å². The molecule has 0 radical (unpaired) electrons. The molecule has 5 rings (SSSR count). The van der Waals surface area contributed by atoms with Crippen molar-refractivity contribution >= 4 is 33.0 Å². The van der Waals surface area contributed by atoms with E-state index in [9.17, 15) is 45.4 Å². The number of hydrogen-bond acceptors (Lipinski definition) is 6. The van der Waals surface area contributed by atoms with Crippen LogP contribution in [0.15, 0.2) is 59.5 Å². The maximum absolute atomic E-state index is 13.8. The fourth-order valence-electron chi connectivity index (χ4n) is 6.06. The predicted octanol–water partition coefficient (Wildman–Crippen LogP) is 5.71. The molecule has 14 heteroatoms. The van der Waals surface area contributed by atoms with Gasteiger partial charge in [0.15, 0.2) is 21.5 Å². The van der Waals surface area contributed by atoms with Crippen LogP contribution < -0.4 is 5.32 Å². The quantitative estimate of drug-likeness (QED) is 0.301. The number of aliphatic hydroxyl groups is 2. The lowest BCUT2D eigenvalue weighted by atomic mass is 9.70. The zero-order chi connectivity index (χ0) is 30.6. The molecule has 1 aromatic heterocycles. The van der Waals surface area contributed by atoms with Gasteiger partial charge in [-0.25, -0.2) is 22.2 Å². The number of alkyl halides is 3. The number of aliphatic hydroxyl groups excluding tert-OH is 1. The molecule has 2 aliphatic carbocycles. The fraction of sp³-hybridized carbons (Fsp3) is 0.357. The maximum Gasteiger partial charge on any atom is 0.433 e. The summed E-state index contributed by atoms with van der Waals surface area (Å²) in [4.78, 5) is 15.9. The zero-order valence-electron chi connectivity index (χ0n) is 21.6. The highest BCUT2D eigenvalue weighted by Crippen LogP contribution is 2.56. The summed E-state index contributed by atoms with van der Waals surface area (Å²) in [5, 5.41) is 23.8. The third kappa shape index (κ3) is 5.38. The van der Waals surface area contributed by atoms with Gasteiger partial charge in [0, 0.05) is 17.3 Å². The van der Waals surface area contributed by atoms with Gasteiger partial charge in [0.25, 0.3) is 5.91 Å². The molecule has 1 amide bonds. The molecule has 3 N–H and O–H groups in total. The van der Waals surface area contributed by atoms with Gasteiger partial charge in [0.1, 0.15) is 17.4 Å². The average molecular weight is 631 g/mol. The Hall–Kier alpha value is -3.13. The summed E-state index contributed by atoms with van der Waals surface area (Å²) in [5.41, 5.74) is -3.68. The van der Waals surface area contributed by atoms with Crippen LogP contribution in [-0.2, 0) is 16.0 Å². The Kier molecular flexibility index (Phi) is 7.84. The molecule has 224 valence electrons. The van der Waals surface area contributed by atoms with E-state index in [2.05, 4.69) is 10.3 Å². The van der Waals surface area contributed by atoms with Crippen LogP contribution in [0.5, 0.6) is 0 Å². The van der Waals surface area contributed by atoms with Crippen molar-refractivity contribution in [1.29, 1.82) is 0 Å². The Morgan fingerprint density at radius 1 is 1.02 bits per heavy atom. The highest BCUT2D eigenvalue weighted by molar-refractivity contribution is 7.92. The molecule has 0 saturated heterocycles. The van der Waals surface area contributed by atoms with Crippen molar-refractivity contribution in [3.8, 4) is 0 Å². The van der Waals surface area contributed by atoms with Crippen LogP contribution in [0.4, 0.5) is 27.6 Å². The van der Waals surface area contributed by atoms with E-state index >= 15 is 0 Å². The molecule has 42 heavy (non-hydrogen) atoms. The Labute approximate surface area is 242 Å². The number of fused-ring (bicyclic) bond motifs is 2. The summed E-state index contributed by atoms with van der Waals surface area (Å²) in [7, 11) is -4.21. The Morgan fingerprint density at radius 2 is 1.69 bits per heavy atom. The molecule has 2 unspecified atom stereocenters. The predicted molar refractivity (Wildman–Crippen MR) is 141 cm³/mol. The van der Waals surface area contributed by atoms with Gasteiger partial charge in [-0.1, -0.05) is 17.7 Å². The topological polar surface area (TPSA) is 117 Å². The van der Waals surface area contributed by atoms with Crippen LogP contribution in [0.1, 0.15) is 53.5 Å². The monoisotopic (exact) mass is 630 g/mol. The number of aromatic nitrogens is 1. The minimum absolute atomic E-state index is 0.0600. The summed E-state index contributed by atoms with van der Waals surface area (Å²) in [6, 6.07) is 9.26. The molecule has 3 aromatic rings. The number of nitrogens with zero attached hydrogens (tertiary/aromatic N) is 1. The number of carbonyl (C=O) groups excluding carboxylic acids is 1. The molecular weight excluding hydrogens is 607 g/mol. The molecule has 2 aromatic carbocycles. The SMILES string of the molecule is O=C(Nc1ccc(F)c(F)c1)c1ccc(Cl)c(S(=O)(=O)[C@@H]2CC3CC[C@@H](C2)[C@@]3(O)C(O)c2cccc(C(F)(F)F)n2)c1. The molecule has 2 aliphatic rings. The van der Waals surface area contributed by atoms with Crippen molar-refractivity contribution in [2.24, 2.45) is 11.8 Å². The smallest absolute Gasteiger partial charge is 0.386 e. The number of nitrogens with one attached hydrogen (secondary N) is 1. The van der Waals surface area contributed by atoms with E-state index < -0.39 is 68.0 Å². The first kappa shape index (κ1) is 30.3. The summed E-state index contributed by atoms with van der Waals surface area (Å²) < 4.78 is 93.9. The Bertz CT molecular complexity index is 1640. The van der Waals surface area contributed by atoms with E-state index in [4.69, 9.17) is 11.6 Å². The molecule has 7 nitrogen and oxygen atoms in total. The number of rotatable bonds is 6. The Morgan fingerprint density at radius 3 is 2.31 bits per heavy atom. The van der Waals surface area contributed by atoms with Crippen molar-refractivity contribution in [2.75, 3.05) is 5.32 Å². The summed E-state index contributed by atoms with van der Waals surface area (Å²) in [6.07, 6.45) is -6.13. The van der Waals surface area contributed by atoms with E-state index in [1.807, 2.05) is 0 Å². The van der Waals surface area contributed by atoms with Crippen molar-refractivity contribution < 1.29 is 45.4 Å². The first-order chi connectivity index (χ1) is 19.6. The van der Waals surface area contributed by atoms with Gasteiger partial charge in [0.05, 0.1) is 20.9 Å². The molecule has 5 atom stereocenters. The third-order valence-corrected chi connectivity index (χ3v) is 10.8. The first-order valence-electron chi connectivity index (χ1n) is 12.9. The van der Waals surface area contributed by atoms with Crippen molar-refractivity contribution in [1.82, 2.24) is 4.98 Å². The third-order valence-electron chi connectivity index (χ3n) is 8.16. The van der Waals surface area contributed by atoms with Gasteiger partial charge in [0.2, 0.25) is 0 Å². The lowest BCUT2D eigenvalue weighted by Crippen LogP contribution is -2.52. The average Bonchev–Trinajstić information content (AvgIpc) is 3.10. The lowest BCUT2D eigenvalue weighted by molar-refractivity contribution is -0.150. The van der Waals surface area contributed by atoms with Gasteiger partial charge in [-0.3, -0.25) is 4.79 Å². The van der Waals surface area contributed by atoms with Crippen LogP contribution in [0.3, 0.4) is 0 Å². The van der Waals surface area contributed by atoms with Crippen LogP contribution in [0, 0.1) is 23.5 Å². The number of sulfone groups is 1. The number of amides is 1. The largest absolute Gasteiger partial charge is 0.433 e. The van der Waals surface area contributed by atoms with Gasteiger partial charge in [-0.05, 0) is 80.0 Å². The zero-order valence-corrected chi connectivity index (χ0v) is 23.1. The number of halogens is 6. The highest BCUT2D eigenvalue weighted by atomic mass is 35.5. The normalized spacial score (nSPS) is 24.8. The minimum atomic E-state index is -4.76. The molecule has 0 aliphatic heterocycles. The van der Waals surface area contributed by atoms with Crippen molar-refractivity contribution in [2.45, 2.75) is 53.7 Å². The van der Waals surface area contributed by atoms with Gasteiger partial charge in [-0.15, -0.1) is 0 Å². The van der Waals surface area contributed by atoms with E-state index in [0.717, 1.165) is 36.4 Å². The first-order valence-corrected chi connectivity index (χ1v) is 14.8. The van der Waals surface area contributed by atoms with E-state index in [1.165, 1.54) is 18.2 Å². The number of benzene rings is 2. The summed E-state index contributed by atoms with van der Waals surface area (Å²) in [5.74, 6) is -4.65. The molecular formula is C28H24ClF5N2O5S. The second kappa shape index (κ2) is 10.9. The van der Waals surface area contributed by atoms with Crippen molar-refractivity contribution in [3.63, 3.8) is 0 Å². The summed E-state index contributed by atoms with van der Waals surface area (Å²) in [6.45, 7) is 0. The molecule has 0 spiro atoms. The number of anilines is 1. The van der Waals surface area contributed by atoms with E-state index in [1.54, 1.807) is 0 Å². The van der Waals surface area contributed by atoms with E-state index in [0.29, 0.717) is 12.8 Å². The second-order valence-corrected chi connectivity index (χ2v) is 13.2. The van der Waals surface area contributed by atoms with Gasteiger partial charge >= 0.3 is 6.18 Å². The molecule has 1 heterocycles. The lowest BCUT2D eigenvalue weighted by Gasteiger charge is -2.45. The minimum Gasteiger partial charge on any atom is -0.386 e. The summed E-state index contributed by atoms with van der Waals surface area (Å²) >= 11 is 6.24. The van der Waals surface area contributed by atoms with Crippen molar-refractivity contribution in [3.05, 3.63) is 88.2 Å². The fourth-order valence-corrected chi connectivity index (χ4v) is 8.46. The number of hydrogen-bond donors (Lipinski definition) is 3. The molecule has 2 fully saturated rings. The number of pyridine rings is 1. The highest BCUT2D eigenvalue weighted by Gasteiger charge is 2.59. The maximum atomic E-state index is 13.8. The Balaban J connectivity index is 1.38. The second-order valence-electron chi connectivity index (χ2n) is 10.6. The van der Waals surface area contributed by atoms with E-state index in [-0.39, 0.29) is 39.7 Å². The standard InChI is InChI=1S/C28H24ClF5N2O5S/c29-19-8-4-14(26(38)35-17-7-9-20(30)21(31)13-17)10-23(19)42(40,41)18-11-15-5-6-16(12-18)27(15,39)25(37)22-2-1-3-24(36-22)28(32,33)34/h1-4,7-10,13,15-16,18,25,37,39H,5-6,11-12H2,(H,35,38)/t15-,16?,18-,25?,27-/m0/s1.